The van der Waals surface area contributed by atoms with Crippen molar-refractivity contribution >= 4 is 22.9 Å². The molecular formula is C16H12ClNOS. The molecule has 20 heavy (non-hydrogen) atoms. The van der Waals surface area contributed by atoms with E-state index in [0.717, 1.165) is 26.7 Å². The van der Waals surface area contributed by atoms with Crippen LogP contribution in [0.2, 0.25) is 5.02 Å². The number of rotatable bonds is 2. The van der Waals surface area contributed by atoms with Gasteiger partial charge in [-0.25, -0.2) is 4.98 Å². The molecule has 0 fully saturated rings. The van der Waals surface area contributed by atoms with Crippen molar-refractivity contribution in [3.05, 3.63) is 58.4 Å². The highest BCUT2D eigenvalue weighted by Crippen LogP contribution is 2.37. The minimum Gasteiger partial charge on any atom is -0.507 e. The second-order valence-electron chi connectivity index (χ2n) is 4.45. The molecule has 1 aromatic heterocycles. The summed E-state index contributed by atoms with van der Waals surface area (Å²) in [6, 6.07) is 14.9. The fourth-order valence-corrected chi connectivity index (χ4v) is 3.23. The van der Waals surface area contributed by atoms with Crippen LogP contribution in [0.1, 0.15) is 4.88 Å². The largest absolute Gasteiger partial charge is 0.507 e. The van der Waals surface area contributed by atoms with E-state index in [2.05, 4.69) is 4.98 Å². The van der Waals surface area contributed by atoms with Crippen LogP contribution < -0.4 is 0 Å². The highest BCUT2D eigenvalue weighted by atomic mass is 35.5. The number of phenols is 1. The number of benzene rings is 2. The lowest BCUT2D eigenvalue weighted by Gasteiger charge is -2.00. The normalized spacial score (nSPS) is 10.7. The Kier molecular flexibility index (Phi) is 3.47. The number of aromatic hydroxyl groups is 1. The maximum Gasteiger partial charge on any atom is 0.128 e. The van der Waals surface area contributed by atoms with Gasteiger partial charge in [-0.3, -0.25) is 0 Å². The minimum atomic E-state index is 0.249. The van der Waals surface area contributed by atoms with E-state index >= 15 is 0 Å². The van der Waals surface area contributed by atoms with Crippen molar-refractivity contribution in [1.82, 2.24) is 4.98 Å². The van der Waals surface area contributed by atoms with E-state index in [-0.39, 0.29) is 5.75 Å². The third-order valence-corrected chi connectivity index (χ3v) is 4.27. The van der Waals surface area contributed by atoms with Crippen LogP contribution in [0.5, 0.6) is 5.75 Å². The summed E-state index contributed by atoms with van der Waals surface area (Å²) in [5.41, 5.74) is 2.66. The van der Waals surface area contributed by atoms with Gasteiger partial charge < -0.3 is 5.11 Å². The van der Waals surface area contributed by atoms with Crippen molar-refractivity contribution in [3.63, 3.8) is 0 Å². The van der Waals surface area contributed by atoms with E-state index < -0.39 is 0 Å². The molecule has 100 valence electrons. The van der Waals surface area contributed by atoms with Crippen LogP contribution in [0, 0.1) is 6.92 Å². The van der Waals surface area contributed by atoms with Crippen LogP contribution in [0.4, 0.5) is 0 Å². The first-order valence-electron chi connectivity index (χ1n) is 6.17. The van der Waals surface area contributed by atoms with E-state index in [1.165, 1.54) is 0 Å². The predicted octanol–water partition coefficient (Wildman–Crippen LogP) is 5.14. The number of nitrogens with zero attached hydrogens (tertiary/aromatic N) is 1. The molecule has 4 heteroatoms. The monoisotopic (exact) mass is 301 g/mol. The molecule has 3 aromatic rings. The molecule has 0 spiro atoms. The number of aryl methyl sites for hydroxylation is 1. The quantitative estimate of drug-likeness (QED) is 0.710. The van der Waals surface area contributed by atoms with E-state index in [1.807, 2.05) is 43.3 Å². The van der Waals surface area contributed by atoms with E-state index in [9.17, 15) is 5.11 Å². The summed E-state index contributed by atoms with van der Waals surface area (Å²) < 4.78 is 0. The number of para-hydroxylation sites is 1. The van der Waals surface area contributed by atoms with Crippen LogP contribution in [0.15, 0.2) is 48.5 Å². The van der Waals surface area contributed by atoms with Gasteiger partial charge in [0.2, 0.25) is 0 Å². The van der Waals surface area contributed by atoms with Gasteiger partial charge in [0.25, 0.3) is 0 Å². The van der Waals surface area contributed by atoms with Gasteiger partial charge >= 0.3 is 0 Å². The van der Waals surface area contributed by atoms with Gasteiger partial charge in [-0.2, -0.15) is 0 Å². The Morgan fingerprint density at radius 3 is 2.65 bits per heavy atom. The lowest BCUT2D eigenvalue weighted by molar-refractivity contribution is 0.477. The highest BCUT2D eigenvalue weighted by molar-refractivity contribution is 7.15. The summed E-state index contributed by atoms with van der Waals surface area (Å²) in [6.45, 7) is 2.03. The Hall–Kier alpha value is -1.84. The molecule has 0 bridgehead atoms. The van der Waals surface area contributed by atoms with Crippen molar-refractivity contribution < 1.29 is 5.11 Å². The number of halogens is 1. The van der Waals surface area contributed by atoms with Crippen LogP contribution in [0.25, 0.3) is 21.8 Å². The van der Waals surface area contributed by atoms with Crippen molar-refractivity contribution in [2.45, 2.75) is 6.92 Å². The van der Waals surface area contributed by atoms with Crippen LogP contribution in [-0.2, 0) is 0 Å². The molecular weight excluding hydrogens is 290 g/mol. The predicted molar refractivity (Wildman–Crippen MR) is 84.4 cm³/mol. The molecule has 2 aromatic carbocycles. The molecule has 3 rings (SSSR count). The van der Waals surface area contributed by atoms with Gasteiger partial charge in [0, 0.05) is 15.5 Å². The fraction of sp³-hybridized carbons (Fsp3) is 0.0625. The summed E-state index contributed by atoms with van der Waals surface area (Å²) in [5.74, 6) is 0.249. The second kappa shape index (κ2) is 5.27. The maximum atomic E-state index is 9.92. The van der Waals surface area contributed by atoms with Gasteiger partial charge in [0.1, 0.15) is 10.8 Å². The lowest BCUT2D eigenvalue weighted by Crippen LogP contribution is -1.82. The highest BCUT2D eigenvalue weighted by Gasteiger charge is 2.13. The Labute approximate surface area is 126 Å². The molecule has 0 saturated heterocycles. The Morgan fingerprint density at radius 2 is 1.90 bits per heavy atom. The molecule has 0 unspecified atom stereocenters. The van der Waals surface area contributed by atoms with E-state index in [0.29, 0.717) is 5.02 Å². The van der Waals surface area contributed by atoms with Gasteiger partial charge in [-0.05, 0) is 31.2 Å². The zero-order valence-corrected chi connectivity index (χ0v) is 12.4. The number of thiazole rings is 1. The van der Waals surface area contributed by atoms with Gasteiger partial charge in [0.05, 0.1) is 11.3 Å². The topological polar surface area (TPSA) is 33.1 Å². The summed E-state index contributed by atoms with van der Waals surface area (Å²) >= 11 is 7.60. The molecule has 0 amide bonds. The lowest BCUT2D eigenvalue weighted by atomic mass is 10.1. The third-order valence-electron chi connectivity index (χ3n) is 3.03. The molecule has 1 N–H and O–H groups in total. The minimum absolute atomic E-state index is 0.249. The van der Waals surface area contributed by atoms with Crippen LogP contribution >= 0.6 is 22.9 Å². The summed E-state index contributed by atoms with van der Waals surface area (Å²) in [7, 11) is 0. The molecule has 0 atom stereocenters. The van der Waals surface area contributed by atoms with E-state index in [1.54, 1.807) is 23.5 Å². The zero-order valence-electron chi connectivity index (χ0n) is 10.8. The van der Waals surface area contributed by atoms with Crippen molar-refractivity contribution in [2.24, 2.45) is 0 Å². The fourth-order valence-electron chi connectivity index (χ4n) is 2.07. The Balaban J connectivity index is 2.10. The number of hydrogen-bond acceptors (Lipinski definition) is 3. The number of hydrogen-bond donors (Lipinski definition) is 1. The second-order valence-corrected chi connectivity index (χ2v) is 6.09. The molecule has 2 nitrogen and oxygen atoms in total. The standard InChI is InChI=1S/C16H12ClNOS/c1-10-15(11-5-4-6-12(17)9-11)18-16(20-10)13-7-2-3-8-14(13)19/h2-9,19H,1H3. The first-order chi connectivity index (χ1) is 9.65. The smallest absolute Gasteiger partial charge is 0.128 e. The van der Waals surface area contributed by atoms with Gasteiger partial charge in [-0.1, -0.05) is 35.9 Å². The first kappa shape index (κ1) is 13.2. The molecule has 0 radical (unpaired) electrons. The average Bonchev–Trinajstić information content (AvgIpc) is 2.81. The average molecular weight is 302 g/mol. The molecule has 0 aliphatic carbocycles. The Bertz CT molecular complexity index is 767. The van der Waals surface area contributed by atoms with Gasteiger partial charge in [-0.15, -0.1) is 11.3 Å². The van der Waals surface area contributed by atoms with Crippen molar-refractivity contribution in [2.75, 3.05) is 0 Å². The van der Waals surface area contributed by atoms with E-state index in [4.69, 9.17) is 11.6 Å². The maximum absolute atomic E-state index is 9.92. The molecule has 0 saturated carbocycles. The SMILES string of the molecule is Cc1sc(-c2ccccc2O)nc1-c1cccc(Cl)c1. The number of phenolic OH excluding ortho intramolecular Hbond substituents is 1. The van der Waals surface area contributed by atoms with Crippen LogP contribution in [0.3, 0.4) is 0 Å². The third kappa shape index (κ3) is 2.42. The van der Waals surface area contributed by atoms with Crippen molar-refractivity contribution in [1.29, 1.82) is 0 Å². The van der Waals surface area contributed by atoms with Crippen molar-refractivity contribution in [3.8, 4) is 27.6 Å². The number of aromatic nitrogens is 1. The molecule has 0 aliphatic rings. The zero-order chi connectivity index (χ0) is 14.1. The molecule has 0 aliphatic heterocycles. The van der Waals surface area contributed by atoms with Crippen LogP contribution in [-0.4, -0.2) is 10.1 Å². The Morgan fingerprint density at radius 1 is 1.10 bits per heavy atom. The first-order valence-corrected chi connectivity index (χ1v) is 7.36. The molecule has 1 heterocycles. The summed E-state index contributed by atoms with van der Waals surface area (Å²) in [4.78, 5) is 5.75. The summed E-state index contributed by atoms with van der Waals surface area (Å²) in [5, 5.41) is 11.4. The summed E-state index contributed by atoms with van der Waals surface area (Å²) in [6.07, 6.45) is 0. The van der Waals surface area contributed by atoms with Gasteiger partial charge in [0.15, 0.2) is 0 Å².